The molecule has 0 saturated carbocycles. The van der Waals surface area contributed by atoms with Crippen LogP contribution in [-0.2, 0) is 0 Å². The molecule has 468 valence electrons. The van der Waals surface area contributed by atoms with E-state index in [1.807, 2.05) is 18.3 Å². The molecule has 0 atom stereocenters. The topological polar surface area (TPSA) is 22.1 Å². The fraction of sp³-hybridized carbons (Fsp3) is 0.290. The van der Waals surface area contributed by atoms with Crippen LogP contribution in [-0.4, -0.2) is 76.8 Å². The van der Waals surface area contributed by atoms with E-state index in [-0.39, 0.29) is 0 Å². The number of alkyl halides is 3. The third-order valence-corrected chi connectivity index (χ3v) is 31.6. The average molecular weight is 1320 g/mol. The van der Waals surface area contributed by atoms with E-state index < -0.39 is 81.1 Å². The molecule has 2 nitrogen and oxygen atoms in total. The first-order chi connectivity index (χ1) is 40.5. The van der Waals surface area contributed by atoms with Gasteiger partial charge in [-0.05, 0) is 45.8 Å². The molecular formula is C69H90F9NOSi7. The third-order valence-electron chi connectivity index (χ3n) is 14.8. The van der Waals surface area contributed by atoms with Crippen LogP contribution in [0.2, 0.25) is 96.2 Å². The second kappa shape index (κ2) is 34.2. The molecule has 0 fully saturated rings. The zero-order valence-electron chi connectivity index (χ0n) is 53.4. The van der Waals surface area contributed by atoms with Crippen molar-refractivity contribution in [2.24, 2.45) is 0 Å². The Labute approximate surface area is 521 Å². The quantitative estimate of drug-likeness (QED) is 0.0691. The Balaban J connectivity index is 0.000000267. The van der Waals surface area contributed by atoms with E-state index in [1.165, 1.54) is 63.7 Å². The van der Waals surface area contributed by atoms with Crippen molar-refractivity contribution in [2.75, 3.05) is 7.11 Å². The molecule has 0 spiro atoms. The minimum atomic E-state index is -5.70. The highest BCUT2D eigenvalue weighted by molar-refractivity contribution is 6.92. The summed E-state index contributed by atoms with van der Waals surface area (Å²) in [5.74, 6) is 0.963. The van der Waals surface area contributed by atoms with Gasteiger partial charge >= 0.3 is 24.3 Å². The summed E-state index contributed by atoms with van der Waals surface area (Å²) >= 11 is 0. The van der Waals surface area contributed by atoms with E-state index in [1.54, 1.807) is 85.2 Å². The van der Waals surface area contributed by atoms with Crippen LogP contribution in [0.15, 0.2) is 225 Å². The number of methoxy groups -OCH3 is 1. The summed E-state index contributed by atoms with van der Waals surface area (Å²) in [5.41, 5.74) is 0. The van der Waals surface area contributed by atoms with Crippen LogP contribution < -0.4 is 41.2 Å². The van der Waals surface area contributed by atoms with Crippen molar-refractivity contribution < 1.29 is 42.6 Å². The lowest BCUT2D eigenvalue weighted by molar-refractivity contribution is -0.110. The summed E-state index contributed by atoms with van der Waals surface area (Å²) in [6.07, 6.45) is -2.18. The van der Waals surface area contributed by atoms with Gasteiger partial charge in [0, 0.05) is 27.9 Å². The molecule has 8 aromatic carbocycles. The first kappa shape index (κ1) is 75.4. The Bertz CT molecular complexity index is 3140. The predicted molar refractivity (Wildman–Crippen MR) is 376 cm³/mol. The summed E-state index contributed by atoms with van der Waals surface area (Å²) in [4.78, 5) is 4.31. The van der Waals surface area contributed by atoms with E-state index in [0.29, 0.717) is 10.8 Å². The summed E-state index contributed by atoms with van der Waals surface area (Å²) in [6, 6.07) is 70.8. The number of nitrogens with zero attached hydrogens (tertiary/aromatic N) is 1. The number of fused-ring (bicyclic) bond motifs is 2. The first-order valence-electron chi connectivity index (χ1n) is 29.4. The average Bonchev–Trinajstić information content (AvgIpc) is 2.48. The second-order valence-corrected chi connectivity index (χ2v) is 53.1. The molecular weight excluding hydrogens is 1230 g/mol. The molecule has 0 aliphatic rings. The molecule has 0 aliphatic carbocycles. The number of halogens is 9. The SMILES string of the molecule is CC[Si](CC)(CC)c1ccc(OC)cc1.C[Si](C)(C)c1cccc2ccccc12.C[Si](C)(C)c1ccccc1.C[Si](C)(C)c1ccccn1.C[Si](C)(CC(F)(F)F)c1ccccc1.F[Si](F)(F)c1cccc2ccccc12.F[Si](F)(F)c1ccccc1. The Kier molecular flexibility index (Phi) is 29.6. The van der Waals surface area contributed by atoms with Crippen molar-refractivity contribution in [1.82, 2.24) is 4.98 Å². The van der Waals surface area contributed by atoms with Crippen LogP contribution >= 0.6 is 0 Å². The first-order valence-corrected chi connectivity index (χ1v) is 49.0. The Morgan fingerprint density at radius 1 is 0.368 bits per heavy atom. The number of ether oxygens (including phenoxy) is 1. The minimum Gasteiger partial charge on any atom is -0.497 e. The molecule has 1 aromatic heterocycles. The largest absolute Gasteiger partial charge is 0.653 e. The molecule has 0 saturated heterocycles. The Hall–Kier alpha value is -5.88. The molecule has 0 radical (unpaired) electrons. The van der Waals surface area contributed by atoms with Crippen molar-refractivity contribution in [3.8, 4) is 5.75 Å². The van der Waals surface area contributed by atoms with Crippen LogP contribution in [0.1, 0.15) is 20.8 Å². The van der Waals surface area contributed by atoms with Gasteiger partial charge in [-0.1, -0.05) is 326 Å². The number of pyridine rings is 1. The van der Waals surface area contributed by atoms with Crippen LogP contribution in [0, 0.1) is 0 Å². The zero-order chi connectivity index (χ0) is 65.3. The van der Waals surface area contributed by atoms with Crippen molar-refractivity contribution in [2.45, 2.75) is 123 Å². The highest BCUT2D eigenvalue weighted by Gasteiger charge is 2.42. The number of benzene rings is 8. The Morgan fingerprint density at radius 3 is 1.09 bits per heavy atom. The van der Waals surface area contributed by atoms with E-state index in [2.05, 4.69) is 194 Å². The highest BCUT2D eigenvalue weighted by Crippen LogP contribution is 2.28. The normalized spacial score (nSPS) is 11.9. The smallest absolute Gasteiger partial charge is 0.497 e. The van der Waals surface area contributed by atoms with Crippen LogP contribution in [0.25, 0.3) is 21.5 Å². The van der Waals surface area contributed by atoms with Gasteiger partial charge in [-0.3, -0.25) is 4.98 Å². The van der Waals surface area contributed by atoms with Gasteiger partial charge in [0.05, 0.1) is 39.4 Å². The zero-order valence-corrected chi connectivity index (χ0v) is 60.4. The van der Waals surface area contributed by atoms with Crippen LogP contribution in [0.4, 0.5) is 37.8 Å². The van der Waals surface area contributed by atoms with Gasteiger partial charge in [0.25, 0.3) is 0 Å². The van der Waals surface area contributed by atoms with E-state index in [0.717, 1.165) is 29.1 Å². The van der Waals surface area contributed by atoms with Gasteiger partial charge in [-0.15, -0.1) is 0 Å². The molecule has 0 bridgehead atoms. The lowest BCUT2D eigenvalue weighted by Gasteiger charge is -2.28. The second-order valence-electron chi connectivity index (χ2n) is 24.9. The van der Waals surface area contributed by atoms with Crippen molar-refractivity contribution in [1.29, 1.82) is 0 Å². The monoisotopic (exact) mass is 1320 g/mol. The van der Waals surface area contributed by atoms with Gasteiger partial charge < -0.3 is 4.74 Å². The van der Waals surface area contributed by atoms with Crippen LogP contribution in [0.3, 0.4) is 0 Å². The predicted octanol–water partition coefficient (Wildman–Crippen LogP) is 18.5. The molecule has 0 N–H and O–H groups in total. The summed E-state index contributed by atoms with van der Waals surface area (Å²) < 4.78 is 116. The van der Waals surface area contributed by atoms with Crippen molar-refractivity contribution in [3.05, 3.63) is 225 Å². The Morgan fingerprint density at radius 2 is 0.759 bits per heavy atom. The molecule has 0 amide bonds. The number of hydrogen-bond donors (Lipinski definition) is 0. The standard InChI is InChI=1S/C13H22OSi.C13H16Si.C10H7F3Si.C10H13F3Si.C9H14Si.C8H13NSi.C6H5F3Si/c1-5-15(6-2,7-3)13-10-8-12(14-4)9-11-13;1-14(2,3)13-10-6-8-11-7-4-5-9-12(11)13;11-14(12,13)10-7-3-5-8-4-1-2-6-9(8)10;1-14(2,8-10(11,12)13)9-6-4-3-5-7-9;1-10(2,3)9-7-5-4-6-8-9;1-10(2,3)8-6-4-5-7-9-8;7-10(8,9)6-4-2-1-3-5-6/h8-11H,5-7H2,1-4H3;4-10H,1-3H3;1-7H;3-7H,8H2,1-2H3;4-8H,1-3H3;4-7H,1-3H3;1-5H. The van der Waals surface area contributed by atoms with Gasteiger partial charge in [0.2, 0.25) is 0 Å². The molecule has 0 unspecified atom stereocenters. The fourth-order valence-electron chi connectivity index (χ4n) is 9.52. The molecule has 9 rings (SSSR count). The van der Waals surface area contributed by atoms with E-state index in [9.17, 15) is 37.8 Å². The maximum absolute atomic E-state index is 12.7. The van der Waals surface area contributed by atoms with Gasteiger partial charge in [0.15, 0.2) is 0 Å². The molecule has 0 aliphatic heterocycles. The summed E-state index contributed by atoms with van der Waals surface area (Å²) in [6.45, 7) is 31.7. The lowest BCUT2D eigenvalue weighted by Crippen LogP contribution is -2.45. The van der Waals surface area contributed by atoms with Crippen LogP contribution in [0.5, 0.6) is 5.75 Å². The number of aromatic nitrogens is 1. The summed E-state index contributed by atoms with van der Waals surface area (Å²) in [7, 11) is -16.4. The number of rotatable bonds is 12. The third kappa shape index (κ3) is 26.0. The van der Waals surface area contributed by atoms with Gasteiger partial charge in [-0.25, -0.2) is 24.6 Å². The lowest BCUT2D eigenvalue weighted by atomic mass is 10.1. The molecule has 1 heterocycles. The maximum Gasteiger partial charge on any atom is 0.653 e. The minimum absolute atomic E-state index is 0.314. The van der Waals surface area contributed by atoms with E-state index >= 15 is 0 Å². The molecule has 9 aromatic rings. The molecule has 18 heteroatoms. The van der Waals surface area contributed by atoms with Crippen molar-refractivity contribution >= 4 is 117 Å². The highest BCUT2D eigenvalue weighted by atomic mass is 28.5. The summed E-state index contributed by atoms with van der Waals surface area (Å²) in [5, 5.41) is 9.70. The fourth-order valence-corrected chi connectivity index (χ4v) is 20.7. The van der Waals surface area contributed by atoms with Crippen molar-refractivity contribution in [3.63, 3.8) is 0 Å². The van der Waals surface area contributed by atoms with Gasteiger partial charge in [-0.2, -0.15) is 13.2 Å². The molecule has 87 heavy (non-hydrogen) atoms. The van der Waals surface area contributed by atoms with E-state index in [4.69, 9.17) is 4.74 Å². The van der Waals surface area contributed by atoms with Gasteiger partial charge in [0.1, 0.15) is 13.8 Å². The maximum atomic E-state index is 12.7. The number of hydrogen-bond acceptors (Lipinski definition) is 2.